The minimum Gasteiger partial charge on any atom is -0.393 e. The molecule has 4 rings (SSSR count). The number of carbonyl (C=O) groups excluding carboxylic acids is 1. The lowest BCUT2D eigenvalue weighted by molar-refractivity contribution is -0.141. The topological polar surface area (TPSA) is 103 Å². The molecule has 1 heterocycles. The number of guanidine groups is 1. The van der Waals surface area contributed by atoms with Crippen LogP contribution in [0.5, 0.6) is 0 Å². The molecule has 2 spiro atoms. The van der Waals surface area contributed by atoms with Gasteiger partial charge in [-0.15, -0.1) is 0 Å². The van der Waals surface area contributed by atoms with Crippen molar-refractivity contribution in [2.24, 2.45) is 33.9 Å². The van der Waals surface area contributed by atoms with Gasteiger partial charge in [-0.2, -0.15) is 5.26 Å². The Morgan fingerprint density at radius 1 is 1.34 bits per heavy atom. The summed E-state index contributed by atoms with van der Waals surface area (Å²) in [5.74, 6) is 0.571. The molecule has 29 heavy (non-hydrogen) atoms. The Kier molecular flexibility index (Phi) is 4.51. The Labute approximate surface area is 172 Å². The van der Waals surface area contributed by atoms with Crippen LogP contribution in [-0.4, -0.2) is 34.5 Å². The zero-order valence-electron chi connectivity index (χ0n) is 17.6. The number of fused-ring (bicyclic) bond motifs is 3. The Morgan fingerprint density at radius 2 is 2.00 bits per heavy atom. The lowest BCUT2D eigenvalue weighted by atomic mass is 9.56. The number of nitrogens with zero attached hydrogens (tertiary/aromatic N) is 3. The lowest BCUT2D eigenvalue weighted by Crippen LogP contribution is -2.55. The van der Waals surface area contributed by atoms with E-state index in [4.69, 9.17) is 10.7 Å². The van der Waals surface area contributed by atoms with Crippen LogP contribution in [0.2, 0.25) is 0 Å². The third kappa shape index (κ3) is 2.63. The molecule has 6 nitrogen and oxygen atoms in total. The summed E-state index contributed by atoms with van der Waals surface area (Å²) < 4.78 is 0. The van der Waals surface area contributed by atoms with Gasteiger partial charge in [0, 0.05) is 12.0 Å². The van der Waals surface area contributed by atoms with Crippen molar-refractivity contribution in [2.45, 2.75) is 58.6 Å². The van der Waals surface area contributed by atoms with Crippen molar-refractivity contribution in [3.8, 4) is 6.07 Å². The van der Waals surface area contributed by atoms with Crippen LogP contribution < -0.4 is 5.73 Å². The maximum atomic E-state index is 14.0. The van der Waals surface area contributed by atoms with Crippen molar-refractivity contribution in [1.29, 1.82) is 5.26 Å². The molecular formula is C23H30N4O2. The fraction of sp³-hybridized carbons (Fsp3) is 0.609. The van der Waals surface area contributed by atoms with Gasteiger partial charge in [-0.25, -0.2) is 4.99 Å². The van der Waals surface area contributed by atoms with E-state index >= 15 is 0 Å². The van der Waals surface area contributed by atoms with Gasteiger partial charge in [-0.3, -0.25) is 9.69 Å². The summed E-state index contributed by atoms with van der Waals surface area (Å²) in [4.78, 5) is 20.5. The molecule has 3 N–H and O–H groups in total. The van der Waals surface area contributed by atoms with Crippen LogP contribution in [0.1, 0.15) is 57.2 Å². The summed E-state index contributed by atoms with van der Waals surface area (Å²) in [6, 6.07) is 7.82. The van der Waals surface area contributed by atoms with E-state index in [0.717, 1.165) is 11.1 Å². The second-order valence-electron chi connectivity index (χ2n) is 9.78. The predicted octanol–water partition coefficient (Wildman–Crippen LogP) is 2.54. The van der Waals surface area contributed by atoms with E-state index < -0.39 is 11.0 Å². The molecule has 1 aliphatic heterocycles. The van der Waals surface area contributed by atoms with E-state index in [-0.39, 0.29) is 35.7 Å². The zero-order valence-corrected chi connectivity index (χ0v) is 17.6. The number of hydrogen-bond acceptors (Lipinski definition) is 5. The number of benzene rings is 1. The lowest BCUT2D eigenvalue weighted by Gasteiger charge is -2.49. The molecule has 0 saturated heterocycles. The van der Waals surface area contributed by atoms with Gasteiger partial charge in [0.25, 0.3) is 5.91 Å². The van der Waals surface area contributed by atoms with E-state index in [1.54, 1.807) is 4.90 Å². The summed E-state index contributed by atoms with van der Waals surface area (Å²) in [5, 5.41) is 20.1. The molecule has 154 valence electrons. The normalized spacial score (nSPS) is 36.0. The molecule has 1 aromatic rings. The average molecular weight is 395 g/mol. The largest absolute Gasteiger partial charge is 0.393 e. The molecule has 6 heteroatoms. The molecule has 1 amide bonds. The number of amides is 1. The van der Waals surface area contributed by atoms with Crippen LogP contribution in [0.15, 0.2) is 23.2 Å². The van der Waals surface area contributed by atoms with Gasteiger partial charge in [-0.1, -0.05) is 33.8 Å². The highest BCUT2D eigenvalue weighted by molar-refractivity contribution is 6.08. The zero-order chi connectivity index (χ0) is 21.1. The Morgan fingerprint density at radius 3 is 2.59 bits per heavy atom. The van der Waals surface area contributed by atoms with E-state index in [9.17, 15) is 15.2 Å². The number of nitriles is 1. The molecule has 0 radical (unpaired) electrons. The molecule has 0 bridgehead atoms. The highest BCUT2D eigenvalue weighted by Crippen LogP contribution is 2.63. The molecule has 1 saturated carbocycles. The summed E-state index contributed by atoms with van der Waals surface area (Å²) in [5.41, 5.74) is 7.21. The quantitative estimate of drug-likeness (QED) is 0.804. The second-order valence-corrected chi connectivity index (χ2v) is 9.78. The first-order chi connectivity index (χ1) is 13.6. The van der Waals surface area contributed by atoms with Crippen molar-refractivity contribution in [2.75, 3.05) is 6.54 Å². The Bertz CT molecular complexity index is 919. The standard InChI is InChI=1S/C23H30N4O2/c1-13(2)12-27-20(29)23(26-21(27)25)18-7-16(11-24)5-6-17(18)10-22(23)8-14(3)19(28)15(4)9-22/h5-7,13-15,19,28H,8-10,12H2,1-4H3,(H2,25,26). The van der Waals surface area contributed by atoms with Crippen LogP contribution in [0.3, 0.4) is 0 Å². The van der Waals surface area contributed by atoms with Crippen LogP contribution in [-0.2, 0) is 16.8 Å². The van der Waals surface area contributed by atoms with E-state index in [1.165, 1.54) is 0 Å². The predicted molar refractivity (Wildman–Crippen MR) is 111 cm³/mol. The Balaban J connectivity index is 1.93. The van der Waals surface area contributed by atoms with Crippen LogP contribution in [0.4, 0.5) is 0 Å². The fourth-order valence-corrected chi connectivity index (χ4v) is 6.11. The number of aliphatic imine (C=N–C) groups is 1. The maximum Gasteiger partial charge on any atom is 0.262 e. The Hall–Kier alpha value is -2.39. The minimum absolute atomic E-state index is 0.0590. The van der Waals surface area contributed by atoms with Gasteiger partial charge in [-0.05, 0) is 60.3 Å². The monoisotopic (exact) mass is 394 g/mol. The fourth-order valence-electron chi connectivity index (χ4n) is 6.11. The van der Waals surface area contributed by atoms with Crippen molar-refractivity contribution in [3.63, 3.8) is 0 Å². The number of hydrogen-bond donors (Lipinski definition) is 2. The first-order valence-electron chi connectivity index (χ1n) is 10.5. The molecule has 2 aliphatic carbocycles. The second kappa shape index (κ2) is 6.56. The van der Waals surface area contributed by atoms with E-state index in [2.05, 4.69) is 33.8 Å². The van der Waals surface area contributed by atoms with Gasteiger partial charge in [0.15, 0.2) is 11.5 Å². The van der Waals surface area contributed by atoms with Gasteiger partial charge < -0.3 is 10.8 Å². The number of aliphatic hydroxyl groups is 1. The first kappa shape index (κ1) is 19.9. The van der Waals surface area contributed by atoms with E-state index in [0.29, 0.717) is 31.4 Å². The van der Waals surface area contributed by atoms with Crippen molar-refractivity contribution >= 4 is 11.9 Å². The molecule has 1 aromatic carbocycles. The molecule has 1 fully saturated rings. The van der Waals surface area contributed by atoms with Gasteiger partial charge >= 0.3 is 0 Å². The SMILES string of the molecule is CC(C)CN1C(=O)C2(N=C1N)c1cc(C#N)ccc1CC21CC(C)C(O)C(C)C1. The highest BCUT2D eigenvalue weighted by Gasteiger charge is 2.68. The van der Waals surface area contributed by atoms with Gasteiger partial charge in [0.1, 0.15) is 0 Å². The van der Waals surface area contributed by atoms with Crippen LogP contribution in [0, 0.1) is 34.5 Å². The minimum atomic E-state index is -1.10. The van der Waals surface area contributed by atoms with Crippen molar-refractivity contribution < 1.29 is 9.90 Å². The molecule has 3 aliphatic rings. The first-order valence-corrected chi connectivity index (χ1v) is 10.5. The van der Waals surface area contributed by atoms with Crippen molar-refractivity contribution in [3.05, 3.63) is 34.9 Å². The highest BCUT2D eigenvalue weighted by atomic mass is 16.3. The third-order valence-electron chi connectivity index (χ3n) is 7.18. The van der Waals surface area contributed by atoms with Gasteiger partial charge in [0.2, 0.25) is 0 Å². The summed E-state index contributed by atoms with van der Waals surface area (Å²) in [6.07, 6.45) is 1.73. The molecular weight excluding hydrogens is 364 g/mol. The number of nitrogens with two attached hydrogens (primary N) is 1. The van der Waals surface area contributed by atoms with Crippen LogP contribution in [0.25, 0.3) is 0 Å². The van der Waals surface area contributed by atoms with Crippen molar-refractivity contribution in [1.82, 2.24) is 4.90 Å². The molecule has 0 aromatic heterocycles. The number of carbonyl (C=O) groups is 1. The summed E-state index contributed by atoms with van der Waals surface area (Å²) >= 11 is 0. The number of rotatable bonds is 2. The average Bonchev–Trinajstić information content (AvgIpc) is 3.06. The van der Waals surface area contributed by atoms with E-state index in [1.807, 2.05) is 18.2 Å². The third-order valence-corrected chi connectivity index (χ3v) is 7.18. The smallest absolute Gasteiger partial charge is 0.262 e. The molecule has 3 atom stereocenters. The number of aliphatic hydroxyl groups excluding tert-OH is 1. The molecule has 3 unspecified atom stereocenters. The van der Waals surface area contributed by atoms with Gasteiger partial charge in [0.05, 0.1) is 17.7 Å². The van der Waals surface area contributed by atoms with Crippen LogP contribution >= 0.6 is 0 Å². The summed E-state index contributed by atoms with van der Waals surface area (Å²) in [6.45, 7) is 8.74. The summed E-state index contributed by atoms with van der Waals surface area (Å²) in [7, 11) is 0. The maximum absolute atomic E-state index is 14.0.